The van der Waals surface area contributed by atoms with E-state index in [0.717, 1.165) is 37.7 Å². The molecule has 136 valence electrons. The third kappa shape index (κ3) is 6.04. The number of ether oxygens (including phenoxy) is 1. The van der Waals surface area contributed by atoms with Gasteiger partial charge in [-0.1, -0.05) is 49.8 Å². The second-order valence-electron chi connectivity index (χ2n) is 6.72. The summed E-state index contributed by atoms with van der Waals surface area (Å²) >= 11 is 0. The number of carbonyl (C=O) groups is 2. The van der Waals surface area contributed by atoms with Gasteiger partial charge in [0.2, 0.25) is 0 Å². The second-order valence-corrected chi connectivity index (χ2v) is 6.72. The van der Waals surface area contributed by atoms with Crippen LogP contribution in [0.1, 0.15) is 57.9 Å². The number of rotatable bonds is 7. The Morgan fingerprint density at radius 2 is 1.92 bits per heavy atom. The van der Waals surface area contributed by atoms with Gasteiger partial charge in [0, 0.05) is 12.1 Å². The van der Waals surface area contributed by atoms with Crippen molar-refractivity contribution in [3.8, 4) is 0 Å². The third-order valence-electron chi connectivity index (χ3n) is 4.66. The lowest BCUT2D eigenvalue weighted by Gasteiger charge is -2.41. The van der Waals surface area contributed by atoms with Gasteiger partial charge in [0.05, 0.1) is 0 Å². The van der Waals surface area contributed by atoms with Crippen LogP contribution in [0.15, 0.2) is 42.5 Å². The zero-order valence-corrected chi connectivity index (χ0v) is 15.3. The first-order valence-electron chi connectivity index (χ1n) is 9.28. The number of amides is 1. The van der Waals surface area contributed by atoms with Gasteiger partial charge in [0.25, 0.3) is 0 Å². The monoisotopic (exact) mass is 343 g/mol. The highest BCUT2D eigenvalue weighted by Crippen LogP contribution is 2.29. The summed E-state index contributed by atoms with van der Waals surface area (Å²) in [6.07, 6.45) is 9.10. The zero-order chi connectivity index (χ0) is 18.1. The Balaban J connectivity index is 2.04. The first-order valence-corrected chi connectivity index (χ1v) is 9.28. The number of ketones is 1. The largest absolute Gasteiger partial charge is 0.445 e. The molecule has 0 saturated carbocycles. The molecule has 0 radical (unpaired) electrons. The summed E-state index contributed by atoms with van der Waals surface area (Å²) in [5.74, 6) is 0.0409. The molecule has 0 N–H and O–H groups in total. The molecular formula is C21H29NO3. The summed E-state index contributed by atoms with van der Waals surface area (Å²) in [7, 11) is 0. The maximum atomic E-state index is 12.8. The molecule has 4 heteroatoms. The van der Waals surface area contributed by atoms with Crippen LogP contribution in [0.2, 0.25) is 0 Å². The van der Waals surface area contributed by atoms with Crippen molar-refractivity contribution in [1.82, 2.24) is 4.90 Å². The lowest BCUT2D eigenvalue weighted by atomic mass is 9.91. The van der Waals surface area contributed by atoms with Crippen molar-refractivity contribution < 1.29 is 14.3 Å². The molecule has 1 fully saturated rings. The number of hydrogen-bond donors (Lipinski definition) is 0. The molecule has 1 aromatic carbocycles. The van der Waals surface area contributed by atoms with Crippen LogP contribution in [0, 0.1) is 0 Å². The van der Waals surface area contributed by atoms with E-state index in [1.165, 1.54) is 0 Å². The fourth-order valence-corrected chi connectivity index (χ4v) is 3.50. The predicted molar refractivity (Wildman–Crippen MR) is 99.2 cm³/mol. The molecule has 1 aliphatic rings. The minimum Gasteiger partial charge on any atom is -0.445 e. The van der Waals surface area contributed by atoms with Crippen molar-refractivity contribution >= 4 is 11.9 Å². The first kappa shape index (κ1) is 19.2. The molecule has 0 spiro atoms. The standard InChI is InChI=1S/C21H29NO3/c1-3-9-19-14-8-15-20(13-7-10-17(2)23)22(19)21(24)25-16-18-11-5-4-6-12-18/h4-7,10-12,19-20H,3,8-9,13-16H2,1-2H3/b10-7+/t19-,20+/m0/s1. The molecule has 0 unspecified atom stereocenters. The van der Waals surface area contributed by atoms with Crippen LogP contribution >= 0.6 is 0 Å². The third-order valence-corrected chi connectivity index (χ3v) is 4.66. The Morgan fingerprint density at radius 3 is 2.60 bits per heavy atom. The SMILES string of the molecule is CCC[C@H]1CCC[C@@H](C/C=C/C(C)=O)N1C(=O)OCc1ccccc1. The van der Waals surface area contributed by atoms with E-state index in [4.69, 9.17) is 4.74 Å². The van der Waals surface area contributed by atoms with Crippen LogP contribution in [0.3, 0.4) is 0 Å². The van der Waals surface area contributed by atoms with Gasteiger partial charge < -0.3 is 9.64 Å². The minimum atomic E-state index is -0.233. The summed E-state index contributed by atoms with van der Waals surface area (Å²) in [6.45, 7) is 3.99. The van der Waals surface area contributed by atoms with E-state index >= 15 is 0 Å². The van der Waals surface area contributed by atoms with E-state index in [2.05, 4.69) is 6.92 Å². The Hall–Kier alpha value is -2.10. The average molecular weight is 343 g/mol. The summed E-state index contributed by atoms with van der Waals surface area (Å²) in [4.78, 5) is 25.8. The molecule has 0 aliphatic carbocycles. The number of carbonyl (C=O) groups excluding carboxylic acids is 2. The van der Waals surface area contributed by atoms with E-state index in [1.54, 1.807) is 13.0 Å². The highest BCUT2D eigenvalue weighted by atomic mass is 16.6. The topological polar surface area (TPSA) is 46.6 Å². The number of benzene rings is 1. The predicted octanol–water partition coefficient (Wildman–Crippen LogP) is 4.88. The average Bonchev–Trinajstić information content (AvgIpc) is 2.61. The molecular weight excluding hydrogens is 314 g/mol. The fraction of sp³-hybridized carbons (Fsp3) is 0.524. The molecule has 1 aliphatic heterocycles. The molecule has 25 heavy (non-hydrogen) atoms. The van der Waals surface area contributed by atoms with Gasteiger partial charge in [-0.25, -0.2) is 4.79 Å². The van der Waals surface area contributed by atoms with Crippen molar-refractivity contribution in [1.29, 1.82) is 0 Å². The minimum absolute atomic E-state index is 0.0409. The smallest absolute Gasteiger partial charge is 0.410 e. The van der Waals surface area contributed by atoms with Crippen LogP contribution in [0.5, 0.6) is 0 Å². The Labute approximate surface area is 150 Å². The van der Waals surface area contributed by atoms with Crippen LogP contribution in [-0.2, 0) is 16.1 Å². The molecule has 1 saturated heterocycles. The van der Waals surface area contributed by atoms with Gasteiger partial charge in [-0.15, -0.1) is 0 Å². The van der Waals surface area contributed by atoms with E-state index in [0.29, 0.717) is 13.0 Å². The molecule has 0 bridgehead atoms. The zero-order valence-electron chi connectivity index (χ0n) is 15.3. The van der Waals surface area contributed by atoms with Crippen LogP contribution in [0.25, 0.3) is 0 Å². The normalized spacial score (nSPS) is 20.6. The maximum Gasteiger partial charge on any atom is 0.410 e. The van der Waals surface area contributed by atoms with Gasteiger partial charge >= 0.3 is 6.09 Å². The number of hydrogen-bond acceptors (Lipinski definition) is 3. The molecule has 1 aromatic rings. The van der Waals surface area contributed by atoms with Crippen LogP contribution in [-0.4, -0.2) is 28.9 Å². The van der Waals surface area contributed by atoms with Gasteiger partial charge in [0.15, 0.2) is 5.78 Å². The summed E-state index contributed by atoms with van der Waals surface area (Å²) < 4.78 is 5.60. The lowest BCUT2D eigenvalue weighted by molar-refractivity contribution is -0.112. The number of likely N-dealkylation sites (tertiary alicyclic amines) is 1. The number of nitrogens with zero attached hydrogens (tertiary/aromatic N) is 1. The Morgan fingerprint density at radius 1 is 1.20 bits per heavy atom. The van der Waals surface area contributed by atoms with E-state index in [-0.39, 0.29) is 24.0 Å². The van der Waals surface area contributed by atoms with Gasteiger partial charge in [-0.3, -0.25) is 4.79 Å². The van der Waals surface area contributed by atoms with Crippen molar-refractivity contribution in [2.45, 2.75) is 71.1 Å². The summed E-state index contributed by atoms with van der Waals surface area (Å²) in [5, 5.41) is 0. The Kier molecular flexibility index (Phi) is 7.71. The van der Waals surface area contributed by atoms with Gasteiger partial charge in [-0.2, -0.15) is 0 Å². The van der Waals surface area contributed by atoms with Crippen molar-refractivity contribution in [3.63, 3.8) is 0 Å². The molecule has 2 atom stereocenters. The van der Waals surface area contributed by atoms with Crippen molar-refractivity contribution in [3.05, 3.63) is 48.0 Å². The number of piperidine rings is 1. The van der Waals surface area contributed by atoms with Gasteiger partial charge in [0.1, 0.15) is 6.61 Å². The van der Waals surface area contributed by atoms with E-state index in [9.17, 15) is 9.59 Å². The number of allylic oxidation sites excluding steroid dienone is 1. The molecule has 4 nitrogen and oxygen atoms in total. The van der Waals surface area contributed by atoms with Crippen LogP contribution < -0.4 is 0 Å². The highest BCUT2D eigenvalue weighted by molar-refractivity contribution is 5.87. The second kappa shape index (κ2) is 10.0. The molecule has 2 rings (SSSR count). The first-order chi connectivity index (χ1) is 12.1. The Bertz CT molecular complexity index is 580. The van der Waals surface area contributed by atoms with E-state index < -0.39 is 0 Å². The van der Waals surface area contributed by atoms with Crippen molar-refractivity contribution in [2.24, 2.45) is 0 Å². The molecule has 1 heterocycles. The van der Waals surface area contributed by atoms with Gasteiger partial charge in [-0.05, 0) is 50.7 Å². The molecule has 0 aromatic heterocycles. The molecule has 1 amide bonds. The lowest BCUT2D eigenvalue weighted by Crippen LogP contribution is -2.50. The van der Waals surface area contributed by atoms with Crippen molar-refractivity contribution in [2.75, 3.05) is 0 Å². The maximum absolute atomic E-state index is 12.8. The quantitative estimate of drug-likeness (QED) is 0.663. The fourth-order valence-electron chi connectivity index (χ4n) is 3.50. The van der Waals surface area contributed by atoms with Crippen LogP contribution in [0.4, 0.5) is 4.79 Å². The highest BCUT2D eigenvalue weighted by Gasteiger charge is 2.34. The van der Waals surface area contributed by atoms with E-state index in [1.807, 2.05) is 41.3 Å². The summed E-state index contributed by atoms with van der Waals surface area (Å²) in [6, 6.07) is 10.1. The summed E-state index contributed by atoms with van der Waals surface area (Å²) in [5.41, 5.74) is 0.993.